The van der Waals surface area contributed by atoms with E-state index in [2.05, 4.69) is 39.6 Å². The predicted octanol–water partition coefficient (Wildman–Crippen LogP) is 3.58. The molecule has 6 nitrogen and oxygen atoms in total. The highest BCUT2D eigenvalue weighted by Crippen LogP contribution is 2.34. The maximum atomic E-state index is 12.0. The van der Waals surface area contributed by atoms with Crippen LogP contribution in [0.2, 0.25) is 0 Å². The lowest BCUT2D eigenvalue weighted by Crippen LogP contribution is -2.30. The van der Waals surface area contributed by atoms with Crippen LogP contribution in [-0.2, 0) is 6.54 Å². The largest absolute Gasteiger partial charge is 0.454 e. The zero-order valence-electron chi connectivity index (χ0n) is 13.7. The molecule has 6 heteroatoms. The first-order valence-corrected chi connectivity index (χ1v) is 8.28. The first kappa shape index (κ1) is 15.4. The van der Waals surface area contributed by atoms with Crippen molar-refractivity contribution in [2.75, 3.05) is 18.7 Å². The first-order chi connectivity index (χ1) is 12.3. The molecule has 1 aliphatic heterocycles. The van der Waals surface area contributed by atoms with Crippen molar-refractivity contribution in [2.45, 2.75) is 13.0 Å². The second-order valence-electron chi connectivity index (χ2n) is 5.87. The molecule has 1 aliphatic rings. The Morgan fingerprint density at radius 1 is 1.08 bits per heavy atom. The van der Waals surface area contributed by atoms with Gasteiger partial charge in [0.15, 0.2) is 11.5 Å². The maximum Gasteiger partial charge on any atom is 0.319 e. The van der Waals surface area contributed by atoms with Gasteiger partial charge in [-0.2, -0.15) is 0 Å². The number of aryl methyl sites for hydroxylation is 1. The SMILES string of the molecule is O=C(NCCCn1ccc2ccccc21)Nc1ccc2c(c1)OCO2. The summed E-state index contributed by atoms with van der Waals surface area (Å²) >= 11 is 0. The van der Waals surface area contributed by atoms with Gasteiger partial charge in [0.05, 0.1) is 0 Å². The molecule has 3 aromatic rings. The Labute approximate surface area is 145 Å². The van der Waals surface area contributed by atoms with E-state index in [-0.39, 0.29) is 12.8 Å². The van der Waals surface area contributed by atoms with Gasteiger partial charge in [0.1, 0.15) is 0 Å². The topological polar surface area (TPSA) is 64.5 Å². The third kappa shape index (κ3) is 3.38. The molecule has 128 valence electrons. The zero-order valence-corrected chi connectivity index (χ0v) is 13.7. The quantitative estimate of drug-likeness (QED) is 0.700. The first-order valence-electron chi connectivity index (χ1n) is 8.28. The summed E-state index contributed by atoms with van der Waals surface area (Å²) in [4.78, 5) is 12.0. The number of hydrogen-bond acceptors (Lipinski definition) is 3. The molecule has 0 fully saturated rings. The van der Waals surface area contributed by atoms with Crippen LogP contribution in [0, 0.1) is 0 Å². The lowest BCUT2D eigenvalue weighted by atomic mass is 10.2. The Morgan fingerprint density at radius 3 is 2.92 bits per heavy atom. The van der Waals surface area contributed by atoms with Gasteiger partial charge in [-0.3, -0.25) is 0 Å². The number of carbonyl (C=O) groups is 1. The third-order valence-corrected chi connectivity index (χ3v) is 4.17. The molecule has 0 saturated heterocycles. The van der Waals surface area contributed by atoms with Gasteiger partial charge in [0, 0.05) is 36.6 Å². The van der Waals surface area contributed by atoms with Gasteiger partial charge in [-0.1, -0.05) is 18.2 Å². The summed E-state index contributed by atoms with van der Waals surface area (Å²) in [6, 6.07) is 15.5. The van der Waals surface area contributed by atoms with Crippen molar-refractivity contribution < 1.29 is 14.3 Å². The van der Waals surface area contributed by atoms with Crippen molar-refractivity contribution in [3.05, 3.63) is 54.7 Å². The van der Waals surface area contributed by atoms with Crippen molar-refractivity contribution in [1.29, 1.82) is 0 Å². The Bertz CT molecular complexity index is 904. The minimum Gasteiger partial charge on any atom is -0.454 e. The summed E-state index contributed by atoms with van der Waals surface area (Å²) < 4.78 is 12.8. The van der Waals surface area contributed by atoms with Crippen LogP contribution in [0.4, 0.5) is 10.5 Å². The fourth-order valence-corrected chi connectivity index (χ4v) is 2.94. The van der Waals surface area contributed by atoms with Gasteiger partial charge < -0.3 is 24.7 Å². The van der Waals surface area contributed by atoms with Crippen molar-refractivity contribution in [2.24, 2.45) is 0 Å². The van der Waals surface area contributed by atoms with E-state index in [1.165, 1.54) is 10.9 Å². The molecular weight excluding hydrogens is 318 g/mol. The number of nitrogens with zero attached hydrogens (tertiary/aromatic N) is 1. The fourth-order valence-electron chi connectivity index (χ4n) is 2.94. The average molecular weight is 337 g/mol. The standard InChI is InChI=1S/C19H19N3O3/c23-19(21-15-6-7-17-18(12-15)25-13-24-17)20-9-3-10-22-11-8-14-4-1-2-5-16(14)22/h1-2,4-8,11-12H,3,9-10,13H2,(H2,20,21,23). The van der Waals surface area contributed by atoms with E-state index in [0.29, 0.717) is 23.7 Å². The molecule has 2 heterocycles. The second-order valence-corrected chi connectivity index (χ2v) is 5.87. The highest BCUT2D eigenvalue weighted by Gasteiger charge is 2.13. The summed E-state index contributed by atoms with van der Waals surface area (Å²) in [6.45, 7) is 1.68. The minimum atomic E-state index is -0.226. The molecule has 2 amide bonds. The van der Waals surface area contributed by atoms with E-state index in [4.69, 9.17) is 9.47 Å². The monoisotopic (exact) mass is 337 g/mol. The van der Waals surface area contributed by atoms with Crippen LogP contribution in [0.25, 0.3) is 10.9 Å². The molecule has 2 aromatic carbocycles. The van der Waals surface area contributed by atoms with Crippen LogP contribution in [-0.4, -0.2) is 23.9 Å². The van der Waals surface area contributed by atoms with Crippen LogP contribution >= 0.6 is 0 Å². The van der Waals surface area contributed by atoms with Gasteiger partial charge >= 0.3 is 6.03 Å². The molecule has 0 spiro atoms. The highest BCUT2D eigenvalue weighted by molar-refractivity contribution is 5.89. The fraction of sp³-hybridized carbons (Fsp3) is 0.211. The van der Waals surface area contributed by atoms with Crippen LogP contribution in [0.1, 0.15) is 6.42 Å². The maximum absolute atomic E-state index is 12.0. The van der Waals surface area contributed by atoms with Crippen molar-refractivity contribution >= 4 is 22.6 Å². The summed E-state index contributed by atoms with van der Waals surface area (Å²) in [5.74, 6) is 1.35. The number of aromatic nitrogens is 1. The van der Waals surface area contributed by atoms with Crippen molar-refractivity contribution in [3.63, 3.8) is 0 Å². The van der Waals surface area contributed by atoms with Crippen molar-refractivity contribution in [3.8, 4) is 11.5 Å². The molecule has 2 N–H and O–H groups in total. The van der Waals surface area contributed by atoms with Gasteiger partial charge in [-0.05, 0) is 36.1 Å². The number of carbonyl (C=O) groups excluding carboxylic acids is 1. The van der Waals surface area contributed by atoms with Gasteiger partial charge in [-0.15, -0.1) is 0 Å². The third-order valence-electron chi connectivity index (χ3n) is 4.17. The normalized spacial score (nSPS) is 12.3. The van der Waals surface area contributed by atoms with E-state index in [0.717, 1.165) is 13.0 Å². The van der Waals surface area contributed by atoms with Gasteiger partial charge in [0.25, 0.3) is 0 Å². The Balaban J connectivity index is 1.25. The Hall–Kier alpha value is -3.15. The molecule has 4 rings (SSSR count). The average Bonchev–Trinajstić information content (AvgIpc) is 3.25. The lowest BCUT2D eigenvalue weighted by molar-refractivity contribution is 0.174. The van der Waals surface area contributed by atoms with Crippen LogP contribution in [0.15, 0.2) is 54.7 Å². The van der Waals surface area contributed by atoms with E-state index in [9.17, 15) is 4.79 Å². The molecule has 0 bridgehead atoms. The number of ether oxygens (including phenoxy) is 2. The minimum absolute atomic E-state index is 0.221. The number of urea groups is 1. The van der Waals surface area contributed by atoms with Crippen LogP contribution in [0.3, 0.4) is 0 Å². The number of benzene rings is 2. The summed E-state index contributed by atoms with van der Waals surface area (Å²) in [7, 11) is 0. The smallest absolute Gasteiger partial charge is 0.319 e. The molecule has 0 atom stereocenters. The number of nitrogens with one attached hydrogen (secondary N) is 2. The zero-order chi connectivity index (χ0) is 17.1. The molecule has 0 aliphatic carbocycles. The Kier molecular flexibility index (Phi) is 4.16. The van der Waals surface area contributed by atoms with Crippen LogP contribution < -0.4 is 20.1 Å². The van der Waals surface area contributed by atoms with E-state index < -0.39 is 0 Å². The predicted molar refractivity (Wildman–Crippen MR) is 96.1 cm³/mol. The van der Waals surface area contributed by atoms with Crippen LogP contribution in [0.5, 0.6) is 11.5 Å². The molecule has 0 radical (unpaired) electrons. The molecule has 1 aromatic heterocycles. The highest BCUT2D eigenvalue weighted by atomic mass is 16.7. The van der Waals surface area contributed by atoms with E-state index in [1.807, 2.05) is 12.1 Å². The van der Waals surface area contributed by atoms with Crippen molar-refractivity contribution in [1.82, 2.24) is 9.88 Å². The molecule has 0 unspecified atom stereocenters. The number of amides is 2. The number of hydrogen-bond donors (Lipinski definition) is 2. The number of para-hydroxylation sites is 1. The summed E-state index contributed by atoms with van der Waals surface area (Å²) in [5.41, 5.74) is 1.89. The number of anilines is 1. The van der Waals surface area contributed by atoms with E-state index in [1.54, 1.807) is 18.2 Å². The number of rotatable bonds is 5. The molecule has 25 heavy (non-hydrogen) atoms. The Morgan fingerprint density at radius 2 is 1.96 bits per heavy atom. The molecule has 0 saturated carbocycles. The van der Waals surface area contributed by atoms with Gasteiger partial charge in [-0.25, -0.2) is 4.79 Å². The molecular formula is C19H19N3O3. The van der Waals surface area contributed by atoms with Gasteiger partial charge in [0.2, 0.25) is 6.79 Å². The summed E-state index contributed by atoms with van der Waals surface area (Å²) in [5, 5.41) is 6.91. The number of fused-ring (bicyclic) bond motifs is 2. The second kappa shape index (κ2) is 6.76. The lowest BCUT2D eigenvalue weighted by Gasteiger charge is -2.09. The summed E-state index contributed by atoms with van der Waals surface area (Å²) in [6.07, 6.45) is 2.94. The van der Waals surface area contributed by atoms with E-state index >= 15 is 0 Å².